The lowest BCUT2D eigenvalue weighted by Gasteiger charge is -2.05. The maximum Gasteiger partial charge on any atom is 0.513 e. The minimum absolute atomic E-state index is 0.0753. The molecule has 7 nitrogen and oxygen atoms in total. The van der Waals surface area contributed by atoms with E-state index in [1.165, 1.54) is 45.9 Å². The molecular weight excluding hydrogens is 340 g/mol. The van der Waals surface area contributed by atoms with E-state index in [1.807, 2.05) is 18.2 Å². The number of non-ortho nitro benzene ring substituents is 1. The number of carbonyl (C=O) groups is 1. The molecular formula is C14H12N2O5S2. The van der Waals surface area contributed by atoms with Crippen molar-refractivity contribution in [3.05, 3.63) is 58.8 Å². The van der Waals surface area contributed by atoms with Gasteiger partial charge in [-0.1, -0.05) is 16.9 Å². The molecule has 0 spiro atoms. The summed E-state index contributed by atoms with van der Waals surface area (Å²) in [5.41, 5.74) is -0.0753. The molecule has 0 saturated carbocycles. The zero-order valence-corrected chi connectivity index (χ0v) is 13.4. The third-order valence-electron chi connectivity index (χ3n) is 2.42. The predicted molar refractivity (Wildman–Crippen MR) is 87.6 cm³/mol. The Bertz CT molecular complexity index is 652. The zero-order chi connectivity index (χ0) is 16.5. The Morgan fingerprint density at radius 3 is 2.65 bits per heavy atom. The van der Waals surface area contributed by atoms with Crippen LogP contribution in [0.15, 0.2) is 53.7 Å². The average molecular weight is 352 g/mol. The topological polar surface area (TPSA) is 91.6 Å². The van der Waals surface area contributed by atoms with Gasteiger partial charge in [0.2, 0.25) is 0 Å². The molecule has 120 valence electrons. The van der Waals surface area contributed by atoms with Crippen molar-refractivity contribution in [2.24, 2.45) is 0 Å². The van der Waals surface area contributed by atoms with Crippen molar-refractivity contribution >= 4 is 33.4 Å². The molecule has 0 aliphatic rings. The van der Waals surface area contributed by atoms with Crippen molar-refractivity contribution in [1.82, 2.24) is 4.98 Å². The Labute approximate surface area is 139 Å². The average Bonchev–Trinajstić information content (AvgIpc) is 2.56. The number of nitro groups is 1. The van der Waals surface area contributed by atoms with Crippen molar-refractivity contribution in [3.63, 3.8) is 0 Å². The molecule has 1 heterocycles. The van der Waals surface area contributed by atoms with Crippen LogP contribution in [0.2, 0.25) is 0 Å². The lowest BCUT2D eigenvalue weighted by Crippen LogP contribution is -2.12. The Kier molecular flexibility index (Phi) is 6.70. The van der Waals surface area contributed by atoms with Gasteiger partial charge in [-0.3, -0.25) is 10.1 Å². The molecule has 9 heteroatoms. The fourth-order valence-electron chi connectivity index (χ4n) is 1.42. The summed E-state index contributed by atoms with van der Waals surface area (Å²) in [4.78, 5) is 25.6. The summed E-state index contributed by atoms with van der Waals surface area (Å²) in [6, 6.07) is 10.8. The monoisotopic (exact) mass is 352 g/mol. The normalized spacial score (nSPS) is 10.1. The van der Waals surface area contributed by atoms with E-state index in [0.717, 1.165) is 5.03 Å². The highest BCUT2D eigenvalue weighted by Gasteiger charge is 2.09. The minimum Gasteiger partial charge on any atom is -0.433 e. The second-order valence-corrected chi connectivity index (χ2v) is 6.46. The Balaban J connectivity index is 1.64. The molecule has 0 atom stereocenters. The summed E-state index contributed by atoms with van der Waals surface area (Å²) in [7, 11) is 3.00. The highest BCUT2D eigenvalue weighted by molar-refractivity contribution is 8.76. The van der Waals surface area contributed by atoms with E-state index in [-0.39, 0.29) is 18.0 Å². The molecule has 0 unspecified atom stereocenters. The summed E-state index contributed by atoms with van der Waals surface area (Å²) in [5.74, 6) is 0.771. The van der Waals surface area contributed by atoms with Crippen LogP contribution in [0.1, 0.15) is 0 Å². The van der Waals surface area contributed by atoms with Crippen LogP contribution in [0, 0.1) is 10.1 Å². The Morgan fingerprint density at radius 1 is 1.22 bits per heavy atom. The first-order chi connectivity index (χ1) is 11.1. The Hall–Kier alpha value is -2.26. The molecule has 0 aliphatic carbocycles. The third kappa shape index (κ3) is 6.17. The molecule has 0 saturated heterocycles. The second kappa shape index (κ2) is 9.01. The van der Waals surface area contributed by atoms with Crippen LogP contribution in [-0.4, -0.2) is 28.4 Å². The van der Waals surface area contributed by atoms with E-state index in [9.17, 15) is 14.9 Å². The number of benzene rings is 1. The van der Waals surface area contributed by atoms with Crippen molar-refractivity contribution < 1.29 is 19.2 Å². The molecule has 1 aromatic heterocycles. The van der Waals surface area contributed by atoms with E-state index >= 15 is 0 Å². The summed E-state index contributed by atoms with van der Waals surface area (Å²) >= 11 is 0. The fraction of sp³-hybridized carbons (Fsp3) is 0.143. The number of rotatable bonds is 7. The highest BCUT2D eigenvalue weighted by Crippen LogP contribution is 2.28. The molecule has 2 rings (SSSR count). The molecule has 2 aromatic rings. The highest BCUT2D eigenvalue weighted by atomic mass is 33.1. The smallest absolute Gasteiger partial charge is 0.433 e. The number of hydrogen-bond acceptors (Lipinski definition) is 8. The zero-order valence-electron chi connectivity index (χ0n) is 11.8. The number of carbonyl (C=O) groups excluding carboxylic acids is 1. The van der Waals surface area contributed by atoms with Gasteiger partial charge in [-0.15, -0.1) is 0 Å². The van der Waals surface area contributed by atoms with Crippen LogP contribution in [0.3, 0.4) is 0 Å². The van der Waals surface area contributed by atoms with Gasteiger partial charge in [0.25, 0.3) is 5.69 Å². The maximum absolute atomic E-state index is 11.5. The van der Waals surface area contributed by atoms with Gasteiger partial charge >= 0.3 is 6.16 Å². The molecule has 0 fully saturated rings. The van der Waals surface area contributed by atoms with Gasteiger partial charge in [-0.25, -0.2) is 9.78 Å². The standard InChI is InChI=1S/C14H12N2O5S2/c17-14(21-12-6-4-11(5-7-12)16(18)19)20-9-10-22-23-13-3-1-2-8-15-13/h1-8H,9-10H2. The number of nitrogens with zero attached hydrogens (tertiary/aromatic N) is 2. The summed E-state index contributed by atoms with van der Waals surface area (Å²) in [6.45, 7) is 0.191. The van der Waals surface area contributed by atoms with Gasteiger partial charge in [0, 0.05) is 24.1 Å². The summed E-state index contributed by atoms with van der Waals surface area (Å²) in [6.07, 6.45) is 0.864. The first-order valence-electron chi connectivity index (χ1n) is 6.45. The second-order valence-electron chi connectivity index (χ2n) is 4.02. The molecule has 23 heavy (non-hydrogen) atoms. The maximum atomic E-state index is 11.5. The van der Waals surface area contributed by atoms with Crippen molar-refractivity contribution in [2.75, 3.05) is 12.4 Å². The number of nitro benzene ring substituents is 1. The SMILES string of the molecule is O=C(OCCSSc1ccccn1)Oc1ccc([N+](=O)[O-])cc1. The molecule has 1 aromatic carbocycles. The summed E-state index contributed by atoms with van der Waals surface area (Å²) in [5, 5.41) is 11.4. The van der Waals surface area contributed by atoms with E-state index in [4.69, 9.17) is 9.47 Å². The van der Waals surface area contributed by atoms with Gasteiger partial charge in [0.05, 0.1) is 4.92 Å². The molecule has 0 amide bonds. The molecule has 0 bridgehead atoms. The first-order valence-corrected chi connectivity index (χ1v) is 8.76. The predicted octanol–water partition coefficient (Wildman–Crippen LogP) is 3.95. The van der Waals surface area contributed by atoms with Crippen molar-refractivity contribution in [2.45, 2.75) is 5.03 Å². The van der Waals surface area contributed by atoms with Crippen molar-refractivity contribution in [1.29, 1.82) is 0 Å². The van der Waals surface area contributed by atoms with Crippen LogP contribution in [-0.2, 0) is 4.74 Å². The first kappa shape index (κ1) is 17.1. The lowest BCUT2D eigenvalue weighted by molar-refractivity contribution is -0.384. The number of ether oxygens (including phenoxy) is 2. The minimum atomic E-state index is -0.845. The molecule has 0 N–H and O–H groups in total. The van der Waals surface area contributed by atoms with Crippen LogP contribution >= 0.6 is 21.6 Å². The largest absolute Gasteiger partial charge is 0.513 e. The number of pyridine rings is 1. The van der Waals surface area contributed by atoms with E-state index in [2.05, 4.69) is 4.98 Å². The fourth-order valence-corrected chi connectivity index (χ4v) is 3.12. The quantitative estimate of drug-likeness (QED) is 0.185. The number of hydrogen-bond donors (Lipinski definition) is 0. The van der Waals surface area contributed by atoms with Crippen LogP contribution in [0.5, 0.6) is 5.75 Å². The van der Waals surface area contributed by atoms with Crippen LogP contribution in [0.25, 0.3) is 0 Å². The van der Waals surface area contributed by atoms with Crippen LogP contribution < -0.4 is 4.74 Å². The summed E-state index contributed by atoms with van der Waals surface area (Å²) < 4.78 is 9.81. The van der Waals surface area contributed by atoms with Gasteiger partial charge in [-0.05, 0) is 35.1 Å². The third-order valence-corrected chi connectivity index (χ3v) is 4.65. The van der Waals surface area contributed by atoms with Crippen molar-refractivity contribution in [3.8, 4) is 5.75 Å². The lowest BCUT2D eigenvalue weighted by atomic mass is 10.3. The van der Waals surface area contributed by atoms with Gasteiger partial charge in [-0.2, -0.15) is 0 Å². The Morgan fingerprint density at radius 2 is 2.00 bits per heavy atom. The van der Waals surface area contributed by atoms with E-state index in [0.29, 0.717) is 5.75 Å². The van der Waals surface area contributed by atoms with Gasteiger partial charge in [0.15, 0.2) is 0 Å². The van der Waals surface area contributed by atoms with E-state index < -0.39 is 11.1 Å². The van der Waals surface area contributed by atoms with Gasteiger partial charge < -0.3 is 9.47 Å². The number of aromatic nitrogens is 1. The van der Waals surface area contributed by atoms with Crippen LogP contribution in [0.4, 0.5) is 10.5 Å². The molecule has 0 radical (unpaired) electrons. The van der Waals surface area contributed by atoms with E-state index in [1.54, 1.807) is 6.20 Å². The van der Waals surface area contributed by atoms with Gasteiger partial charge in [0.1, 0.15) is 17.4 Å². The molecule has 0 aliphatic heterocycles.